The van der Waals surface area contributed by atoms with E-state index in [0.29, 0.717) is 18.1 Å². The average molecular weight is 342 g/mol. The lowest BCUT2D eigenvalue weighted by Crippen LogP contribution is -2.44. The van der Waals surface area contributed by atoms with Crippen molar-refractivity contribution in [3.05, 3.63) is 34.8 Å². The number of aryl methyl sites for hydroxylation is 2. The van der Waals surface area contributed by atoms with Crippen LogP contribution in [0.3, 0.4) is 0 Å². The van der Waals surface area contributed by atoms with E-state index in [1.807, 2.05) is 24.0 Å². The minimum atomic E-state index is -0.0718. The Hall–Kier alpha value is -2.44. The Bertz CT molecular complexity index is 756. The summed E-state index contributed by atoms with van der Waals surface area (Å²) in [5.41, 5.74) is 2.35. The average Bonchev–Trinajstić information content (AvgIpc) is 3.07. The van der Waals surface area contributed by atoms with Gasteiger partial charge >= 0.3 is 0 Å². The first-order chi connectivity index (χ1) is 12.2. The minimum absolute atomic E-state index is 0.0461. The second-order valence-corrected chi connectivity index (χ2v) is 6.79. The van der Waals surface area contributed by atoms with Gasteiger partial charge in [-0.1, -0.05) is 5.16 Å². The summed E-state index contributed by atoms with van der Waals surface area (Å²) in [6.45, 7) is 3.15. The quantitative estimate of drug-likeness (QED) is 0.851. The van der Waals surface area contributed by atoms with Crippen LogP contribution in [0.15, 0.2) is 16.7 Å². The number of rotatable bonds is 3. The third-order valence-electron chi connectivity index (χ3n) is 4.88. The van der Waals surface area contributed by atoms with Gasteiger partial charge in [-0.3, -0.25) is 4.79 Å². The van der Waals surface area contributed by atoms with Crippen LogP contribution in [0.1, 0.15) is 53.2 Å². The van der Waals surface area contributed by atoms with Gasteiger partial charge in [0.15, 0.2) is 5.69 Å². The Kier molecular flexibility index (Phi) is 4.38. The zero-order valence-corrected chi connectivity index (χ0v) is 14.4. The van der Waals surface area contributed by atoms with Gasteiger partial charge in [0.1, 0.15) is 11.9 Å². The molecule has 1 amide bonds. The fourth-order valence-corrected chi connectivity index (χ4v) is 3.54. The summed E-state index contributed by atoms with van der Waals surface area (Å²) < 4.78 is 11.3. The first-order valence-electron chi connectivity index (χ1n) is 8.94. The number of hydrogen-bond acceptors (Lipinski definition) is 6. The van der Waals surface area contributed by atoms with E-state index in [4.69, 9.17) is 9.26 Å². The second kappa shape index (κ2) is 6.82. The largest absolute Gasteiger partial charge is 0.471 e. The highest BCUT2D eigenvalue weighted by Crippen LogP contribution is 2.26. The molecule has 1 unspecified atom stereocenters. The molecule has 7 nitrogen and oxygen atoms in total. The summed E-state index contributed by atoms with van der Waals surface area (Å²) in [6, 6.07) is 3.69. The molecule has 4 rings (SSSR count). The number of amides is 1. The van der Waals surface area contributed by atoms with Crippen molar-refractivity contribution in [3.8, 4) is 5.88 Å². The van der Waals surface area contributed by atoms with Gasteiger partial charge in [0, 0.05) is 24.6 Å². The molecule has 2 aromatic heterocycles. The molecule has 3 heterocycles. The zero-order chi connectivity index (χ0) is 17.2. The van der Waals surface area contributed by atoms with E-state index < -0.39 is 0 Å². The molecule has 0 saturated carbocycles. The van der Waals surface area contributed by atoms with Gasteiger partial charge in [0.2, 0.25) is 5.88 Å². The van der Waals surface area contributed by atoms with E-state index in [1.165, 1.54) is 0 Å². The van der Waals surface area contributed by atoms with Gasteiger partial charge in [0.05, 0.1) is 12.2 Å². The number of ether oxygens (including phenoxy) is 1. The highest BCUT2D eigenvalue weighted by Gasteiger charge is 2.31. The van der Waals surface area contributed by atoms with Crippen molar-refractivity contribution in [2.75, 3.05) is 13.1 Å². The number of likely N-dealkylation sites (tertiary alicyclic amines) is 1. The first kappa shape index (κ1) is 16.1. The van der Waals surface area contributed by atoms with Gasteiger partial charge in [-0.2, -0.15) is 5.10 Å². The number of nitrogens with zero attached hydrogens (tertiary/aromatic N) is 4. The molecular formula is C18H22N4O3. The highest BCUT2D eigenvalue weighted by atomic mass is 16.5. The van der Waals surface area contributed by atoms with Gasteiger partial charge < -0.3 is 14.2 Å². The topological polar surface area (TPSA) is 81.4 Å². The number of carbonyl (C=O) groups excluding carboxylic acids is 1. The number of piperidine rings is 1. The van der Waals surface area contributed by atoms with Crippen LogP contribution in [0.5, 0.6) is 5.88 Å². The molecule has 0 aromatic carbocycles. The predicted octanol–water partition coefficient (Wildman–Crippen LogP) is 2.34. The molecule has 25 heavy (non-hydrogen) atoms. The van der Waals surface area contributed by atoms with Crippen LogP contribution in [0.4, 0.5) is 0 Å². The molecule has 0 N–H and O–H groups in total. The van der Waals surface area contributed by atoms with E-state index in [2.05, 4.69) is 15.4 Å². The molecule has 1 aliphatic carbocycles. The predicted molar refractivity (Wildman–Crippen MR) is 89.5 cm³/mol. The van der Waals surface area contributed by atoms with Crippen molar-refractivity contribution in [1.29, 1.82) is 0 Å². The minimum Gasteiger partial charge on any atom is -0.471 e. The Labute approximate surface area is 146 Å². The summed E-state index contributed by atoms with van der Waals surface area (Å²) in [5, 5.41) is 12.1. The van der Waals surface area contributed by atoms with E-state index in [1.54, 1.807) is 0 Å². The van der Waals surface area contributed by atoms with Crippen molar-refractivity contribution in [2.45, 2.75) is 51.6 Å². The molecule has 1 aliphatic heterocycles. The van der Waals surface area contributed by atoms with Crippen molar-refractivity contribution >= 4 is 5.91 Å². The lowest BCUT2D eigenvalue weighted by molar-refractivity contribution is 0.0515. The van der Waals surface area contributed by atoms with E-state index in [-0.39, 0.29) is 12.0 Å². The van der Waals surface area contributed by atoms with Crippen molar-refractivity contribution in [2.24, 2.45) is 0 Å². The van der Waals surface area contributed by atoms with Crippen LogP contribution >= 0.6 is 0 Å². The maximum atomic E-state index is 12.9. The fourth-order valence-electron chi connectivity index (χ4n) is 3.54. The maximum absolute atomic E-state index is 12.9. The standard InChI is InChI=1S/C18H22N4O3/c1-12-8-9-16(20-19-12)24-13-5-4-10-22(11-13)18(23)17-14-6-2-3-7-15(14)25-21-17/h8-9,13H,2-7,10-11H2,1H3. The van der Waals surface area contributed by atoms with Gasteiger partial charge in [0.25, 0.3) is 5.91 Å². The lowest BCUT2D eigenvalue weighted by Gasteiger charge is -2.32. The monoisotopic (exact) mass is 342 g/mol. The zero-order valence-electron chi connectivity index (χ0n) is 14.4. The molecule has 1 atom stereocenters. The van der Waals surface area contributed by atoms with Gasteiger partial charge in [-0.15, -0.1) is 5.10 Å². The molecule has 0 bridgehead atoms. The molecule has 0 spiro atoms. The molecule has 7 heteroatoms. The SMILES string of the molecule is Cc1ccc(OC2CCCN(C(=O)c3noc4c3CCCC4)C2)nn1. The summed E-state index contributed by atoms with van der Waals surface area (Å²) in [6.07, 6.45) is 5.68. The fraction of sp³-hybridized carbons (Fsp3) is 0.556. The summed E-state index contributed by atoms with van der Waals surface area (Å²) >= 11 is 0. The van der Waals surface area contributed by atoms with E-state index in [0.717, 1.165) is 62.1 Å². The molecule has 1 saturated heterocycles. The maximum Gasteiger partial charge on any atom is 0.276 e. The Morgan fingerprint density at radius 3 is 2.96 bits per heavy atom. The van der Waals surface area contributed by atoms with Crippen LogP contribution < -0.4 is 4.74 Å². The molecular weight excluding hydrogens is 320 g/mol. The molecule has 1 fully saturated rings. The van der Waals surface area contributed by atoms with Crippen LogP contribution in [-0.4, -0.2) is 45.4 Å². The summed E-state index contributed by atoms with van der Waals surface area (Å²) in [7, 11) is 0. The summed E-state index contributed by atoms with van der Waals surface area (Å²) in [5.74, 6) is 1.34. The normalized spacial score (nSPS) is 20.2. The van der Waals surface area contributed by atoms with Gasteiger partial charge in [-0.25, -0.2) is 0 Å². The van der Waals surface area contributed by atoms with E-state index >= 15 is 0 Å². The smallest absolute Gasteiger partial charge is 0.276 e. The highest BCUT2D eigenvalue weighted by molar-refractivity contribution is 5.94. The third-order valence-corrected chi connectivity index (χ3v) is 4.88. The first-order valence-corrected chi connectivity index (χ1v) is 8.94. The molecule has 2 aromatic rings. The second-order valence-electron chi connectivity index (χ2n) is 6.79. The van der Waals surface area contributed by atoms with Crippen molar-refractivity contribution in [1.82, 2.24) is 20.3 Å². The van der Waals surface area contributed by atoms with Crippen LogP contribution in [0.25, 0.3) is 0 Å². The molecule has 132 valence electrons. The van der Waals surface area contributed by atoms with Gasteiger partial charge in [-0.05, 0) is 45.1 Å². The number of aromatic nitrogens is 3. The number of fused-ring (bicyclic) bond motifs is 1. The number of hydrogen-bond donors (Lipinski definition) is 0. The van der Waals surface area contributed by atoms with Crippen LogP contribution in [-0.2, 0) is 12.8 Å². The Morgan fingerprint density at radius 2 is 2.12 bits per heavy atom. The number of carbonyl (C=O) groups is 1. The lowest BCUT2D eigenvalue weighted by atomic mass is 9.96. The Balaban J connectivity index is 1.44. The Morgan fingerprint density at radius 1 is 1.24 bits per heavy atom. The molecule has 0 radical (unpaired) electrons. The molecule has 2 aliphatic rings. The van der Waals surface area contributed by atoms with E-state index in [9.17, 15) is 4.79 Å². The van der Waals surface area contributed by atoms with Crippen molar-refractivity contribution < 1.29 is 14.1 Å². The summed E-state index contributed by atoms with van der Waals surface area (Å²) in [4.78, 5) is 14.7. The van der Waals surface area contributed by atoms with Crippen molar-refractivity contribution in [3.63, 3.8) is 0 Å². The van der Waals surface area contributed by atoms with Crippen LogP contribution in [0, 0.1) is 6.92 Å². The third kappa shape index (κ3) is 3.36. The van der Waals surface area contributed by atoms with Crippen LogP contribution in [0.2, 0.25) is 0 Å².